The Morgan fingerprint density at radius 3 is 2.84 bits per heavy atom. The van der Waals surface area contributed by atoms with Gasteiger partial charge in [0.2, 0.25) is 0 Å². The van der Waals surface area contributed by atoms with Crippen LogP contribution in [-0.4, -0.2) is 22.8 Å². The zero-order valence-electron chi connectivity index (χ0n) is 14.1. The molecule has 6 heteroatoms. The summed E-state index contributed by atoms with van der Waals surface area (Å²) < 4.78 is 11.1. The monoisotopic (exact) mass is 355 g/mol. The predicted octanol–water partition coefficient (Wildman–Crippen LogP) is 4.87. The minimum atomic E-state index is 0.0635. The van der Waals surface area contributed by atoms with Gasteiger partial charge in [-0.05, 0) is 55.3 Å². The quantitative estimate of drug-likeness (QED) is 0.668. The Bertz CT molecular complexity index is 907. The van der Waals surface area contributed by atoms with Crippen molar-refractivity contribution in [2.24, 2.45) is 0 Å². The number of para-hydroxylation sites is 1. The fourth-order valence-corrected chi connectivity index (χ4v) is 3.20. The first-order valence-electron chi connectivity index (χ1n) is 8.27. The summed E-state index contributed by atoms with van der Waals surface area (Å²) in [6, 6.07) is 13.8. The maximum atomic E-state index is 6.30. The summed E-state index contributed by atoms with van der Waals surface area (Å²) >= 11 is 6.30. The molecule has 3 aromatic rings. The second-order valence-corrected chi connectivity index (χ2v) is 6.65. The molecule has 1 aliphatic heterocycles. The molecule has 0 radical (unpaired) electrons. The first kappa shape index (κ1) is 16.0. The summed E-state index contributed by atoms with van der Waals surface area (Å²) in [6.07, 6.45) is 1.04. The van der Waals surface area contributed by atoms with Crippen molar-refractivity contribution in [3.63, 3.8) is 0 Å². The Labute approximate surface area is 151 Å². The van der Waals surface area contributed by atoms with Crippen LogP contribution >= 0.6 is 11.6 Å². The normalized spacial score (nSPS) is 13.4. The number of rotatable bonds is 4. The van der Waals surface area contributed by atoms with E-state index in [0.717, 1.165) is 24.2 Å². The number of anilines is 2. The summed E-state index contributed by atoms with van der Waals surface area (Å²) in [4.78, 5) is 6.61. The minimum Gasteiger partial charge on any atom is -0.489 e. The molecule has 0 spiro atoms. The number of hydrogen-bond donors (Lipinski definition) is 0. The lowest BCUT2D eigenvalue weighted by molar-refractivity contribution is 0.242. The van der Waals surface area contributed by atoms with Gasteiger partial charge in [0.15, 0.2) is 0 Å². The molecule has 25 heavy (non-hydrogen) atoms. The highest BCUT2D eigenvalue weighted by atomic mass is 35.5. The molecule has 0 saturated heterocycles. The molecule has 0 atom stereocenters. The van der Waals surface area contributed by atoms with E-state index in [0.29, 0.717) is 22.6 Å². The summed E-state index contributed by atoms with van der Waals surface area (Å²) in [7, 11) is 0. The highest BCUT2D eigenvalue weighted by Crippen LogP contribution is 2.35. The van der Waals surface area contributed by atoms with E-state index in [1.54, 1.807) is 6.07 Å². The minimum absolute atomic E-state index is 0.0635. The molecule has 0 saturated carbocycles. The van der Waals surface area contributed by atoms with Crippen LogP contribution in [0.1, 0.15) is 19.4 Å². The molecule has 0 bridgehead atoms. The van der Waals surface area contributed by atoms with Crippen molar-refractivity contribution < 1.29 is 9.26 Å². The van der Waals surface area contributed by atoms with E-state index >= 15 is 0 Å². The fraction of sp³-hybridized carbons (Fsp3) is 0.263. The number of halogens is 1. The van der Waals surface area contributed by atoms with Crippen molar-refractivity contribution in [1.82, 2.24) is 10.1 Å². The van der Waals surface area contributed by atoms with E-state index in [-0.39, 0.29) is 6.10 Å². The molecule has 0 unspecified atom stereocenters. The number of hydrogen-bond acceptors (Lipinski definition) is 5. The van der Waals surface area contributed by atoms with Gasteiger partial charge < -0.3 is 14.2 Å². The van der Waals surface area contributed by atoms with Crippen molar-refractivity contribution in [1.29, 1.82) is 0 Å². The van der Waals surface area contributed by atoms with Crippen molar-refractivity contribution in [2.75, 3.05) is 11.4 Å². The lowest BCUT2D eigenvalue weighted by Crippen LogP contribution is -2.14. The lowest BCUT2D eigenvalue weighted by Gasteiger charge is -2.13. The molecule has 1 aliphatic rings. The lowest BCUT2D eigenvalue weighted by atomic mass is 10.2. The average molecular weight is 356 g/mol. The van der Waals surface area contributed by atoms with Crippen molar-refractivity contribution in [3.8, 4) is 17.2 Å². The van der Waals surface area contributed by atoms with Crippen LogP contribution in [-0.2, 0) is 6.42 Å². The smallest absolute Gasteiger partial charge is 0.270 e. The molecule has 1 aromatic heterocycles. The van der Waals surface area contributed by atoms with Gasteiger partial charge in [-0.15, -0.1) is 0 Å². The Balaban J connectivity index is 1.61. The van der Waals surface area contributed by atoms with Crippen LogP contribution in [0.2, 0.25) is 5.02 Å². The SMILES string of the molecule is CC(C)Oc1ccc(-c2nc(N3CCc4ccccc43)no2)cc1Cl. The third-order valence-corrected chi connectivity index (χ3v) is 4.38. The summed E-state index contributed by atoms with van der Waals surface area (Å²) in [5.41, 5.74) is 3.20. The molecule has 0 aliphatic carbocycles. The van der Waals surface area contributed by atoms with Gasteiger partial charge in [0.25, 0.3) is 11.8 Å². The first-order valence-corrected chi connectivity index (χ1v) is 8.65. The standard InChI is InChI=1S/C19H18ClN3O2/c1-12(2)24-17-8-7-14(11-15(17)20)18-21-19(22-25-18)23-10-9-13-5-3-4-6-16(13)23/h3-8,11-12H,9-10H2,1-2H3. The average Bonchev–Trinajstić information content (AvgIpc) is 3.22. The molecule has 0 fully saturated rings. The summed E-state index contributed by atoms with van der Waals surface area (Å²) in [5.74, 6) is 1.66. The Morgan fingerprint density at radius 2 is 2.04 bits per heavy atom. The van der Waals surface area contributed by atoms with Crippen LogP contribution < -0.4 is 9.64 Å². The fourth-order valence-electron chi connectivity index (χ4n) is 2.97. The zero-order valence-corrected chi connectivity index (χ0v) is 14.8. The number of aromatic nitrogens is 2. The number of nitrogens with zero attached hydrogens (tertiary/aromatic N) is 3. The third kappa shape index (κ3) is 3.07. The van der Waals surface area contributed by atoms with Gasteiger partial charge in [0.05, 0.1) is 11.1 Å². The van der Waals surface area contributed by atoms with E-state index in [2.05, 4.69) is 27.2 Å². The molecule has 2 aromatic carbocycles. The van der Waals surface area contributed by atoms with Gasteiger partial charge in [0.1, 0.15) is 5.75 Å². The van der Waals surface area contributed by atoms with Gasteiger partial charge in [0, 0.05) is 17.8 Å². The van der Waals surface area contributed by atoms with Crippen molar-refractivity contribution >= 4 is 23.2 Å². The number of fused-ring (bicyclic) bond motifs is 1. The second-order valence-electron chi connectivity index (χ2n) is 6.24. The molecule has 2 heterocycles. The third-order valence-electron chi connectivity index (χ3n) is 4.09. The zero-order chi connectivity index (χ0) is 17.4. The van der Waals surface area contributed by atoms with E-state index < -0.39 is 0 Å². The van der Waals surface area contributed by atoms with Gasteiger partial charge in [-0.1, -0.05) is 29.8 Å². The predicted molar refractivity (Wildman–Crippen MR) is 97.7 cm³/mol. The van der Waals surface area contributed by atoms with Gasteiger partial charge >= 0.3 is 0 Å². The van der Waals surface area contributed by atoms with Crippen LogP contribution in [0.3, 0.4) is 0 Å². The van der Waals surface area contributed by atoms with Crippen LogP contribution in [0.4, 0.5) is 11.6 Å². The Morgan fingerprint density at radius 1 is 1.20 bits per heavy atom. The molecule has 0 N–H and O–H groups in total. The van der Waals surface area contributed by atoms with E-state index in [9.17, 15) is 0 Å². The molecule has 128 valence electrons. The Kier molecular flexibility index (Phi) is 4.09. The maximum Gasteiger partial charge on any atom is 0.270 e. The van der Waals surface area contributed by atoms with Gasteiger partial charge in [-0.25, -0.2) is 0 Å². The Hall–Kier alpha value is -2.53. The largest absolute Gasteiger partial charge is 0.489 e. The van der Waals surface area contributed by atoms with Crippen LogP contribution in [0.15, 0.2) is 47.0 Å². The van der Waals surface area contributed by atoms with E-state index in [1.807, 2.05) is 38.1 Å². The summed E-state index contributed by atoms with van der Waals surface area (Å²) in [5, 5.41) is 4.66. The van der Waals surface area contributed by atoms with E-state index in [1.165, 1.54) is 5.56 Å². The molecular weight excluding hydrogens is 338 g/mol. The maximum absolute atomic E-state index is 6.30. The molecular formula is C19H18ClN3O2. The van der Waals surface area contributed by atoms with Crippen LogP contribution in [0, 0.1) is 0 Å². The van der Waals surface area contributed by atoms with Crippen molar-refractivity contribution in [3.05, 3.63) is 53.1 Å². The second kappa shape index (κ2) is 6.41. The molecule has 4 rings (SSSR count). The van der Waals surface area contributed by atoms with Gasteiger partial charge in [-0.2, -0.15) is 4.98 Å². The molecule has 5 nitrogen and oxygen atoms in total. The van der Waals surface area contributed by atoms with E-state index in [4.69, 9.17) is 20.9 Å². The topological polar surface area (TPSA) is 51.4 Å². The molecule has 0 amide bonds. The highest BCUT2D eigenvalue weighted by molar-refractivity contribution is 6.32. The first-order chi connectivity index (χ1) is 12.1. The number of ether oxygens (including phenoxy) is 1. The van der Waals surface area contributed by atoms with Crippen molar-refractivity contribution in [2.45, 2.75) is 26.4 Å². The van der Waals surface area contributed by atoms with Gasteiger partial charge in [-0.3, -0.25) is 0 Å². The summed E-state index contributed by atoms with van der Waals surface area (Å²) in [6.45, 7) is 4.77. The van der Waals surface area contributed by atoms with Crippen LogP contribution in [0.25, 0.3) is 11.5 Å². The number of benzene rings is 2. The highest BCUT2D eigenvalue weighted by Gasteiger charge is 2.24. The van der Waals surface area contributed by atoms with Crippen LogP contribution in [0.5, 0.6) is 5.75 Å².